The minimum Gasteiger partial charge on any atom is -0.310 e. The van der Waals surface area contributed by atoms with E-state index in [-0.39, 0.29) is 0 Å². The molecule has 0 aromatic heterocycles. The molecule has 0 amide bonds. The quantitative estimate of drug-likeness (QED) is 0.115. The molecule has 2 heteroatoms. The van der Waals surface area contributed by atoms with Crippen LogP contribution in [0.25, 0.3) is 33.7 Å². The van der Waals surface area contributed by atoms with E-state index in [1.165, 1.54) is 43.8 Å². The Morgan fingerprint density at radius 1 is 0.404 bits per heavy atom. The highest BCUT2D eigenvalue weighted by atomic mass is 15.2. The van der Waals surface area contributed by atoms with Crippen molar-refractivity contribution in [3.63, 3.8) is 0 Å². The fourth-order valence-electron chi connectivity index (χ4n) is 8.07. The second kappa shape index (κ2) is 16.7. The molecule has 0 N–H and O–H groups in total. The molecular weight excluding hydrogens is 689 g/mol. The van der Waals surface area contributed by atoms with E-state index in [4.69, 9.17) is 0 Å². The molecule has 7 aromatic rings. The highest BCUT2D eigenvalue weighted by Gasteiger charge is 2.24. The average Bonchev–Trinajstić information content (AvgIpc) is 3.22. The van der Waals surface area contributed by atoms with E-state index in [9.17, 15) is 0 Å². The molecule has 2 nitrogen and oxygen atoms in total. The number of nitrogens with zero attached hydrogens (tertiary/aromatic N) is 2. The zero-order valence-electron chi connectivity index (χ0n) is 35.3. The van der Waals surface area contributed by atoms with E-state index >= 15 is 0 Å². The van der Waals surface area contributed by atoms with Gasteiger partial charge in [-0.1, -0.05) is 153 Å². The van der Waals surface area contributed by atoms with Crippen LogP contribution in [0.4, 0.5) is 34.1 Å². The van der Waals surface area contributed by atoms with Gasteiger partial charge in [-0.05, 0) is 135 Å². The van der Waals surface area contributed by atoms with Gasteiger partial charge in [-0.15, -0.1) is 0 Å². The van der Waals surface area contributed by atoms with E-state index in [1.54, 1.807) is 0 Å². The predicted molar refractivity (Wildman–Crippen MR) is 252 cm³/mol. The van der Waals surface area contributed by atoms with Gasteiger partial charge in [0.05, 0.1) is 11.4 Å². The van der Waals surface area contributed by atoms with Crippen molar-refractivity contribution < 1.29 is 0 Å². The second-order valence-electron chi connectivity index (χ2n) is 16.6. The lowest BCUT2D eigenvalue weighted by molar-refractivity contribution is 0.866. The fourth-order valence-corrected chi connectivity index (χ4v) is 8.07. The standard InChI is InChI=1S/C55H58N2/c1-11-15-49-48(12-2)54(56(44-26-18-40(19-27-44)36(3)4)45-28-20-41(21-29-45)37(5)6)34-53-50-16-13-14-17-51(50)55(35-52(49)53)57(46-30-22-42(23-31-46)38(7)8)47-32-24-43(25-33-47)39(9)10/h11-39H,2H2,1,3-10H3/b15-11-. The van der Waals surface area contributed by atoms with Crippen LogP contribution in [-0.2, 0) is 0 Å². The highest BCUT2D eigenvalue weighted by molar-refractivity contribution is 6.18. The Kier molecular flexibility index (Phi) is 11.5. The topological polar surface area (TPSA) is 6.48 Å². The van der Waals surface area contributed by atoms with Crippen molar-refractivity contribution in [2.75, 3.05) is 9.80 Å². The molecular formula is C55H58N2. The summed E-state index contributed by atoms with van der Waals surface area (Å²) in [5.41, 5.74) is 14.3. The number of benzene rings is 7. The van der Waals surface area contributed by atoms with E-state index in [1.807, 2.05) is 6.08 Å². The van der Waals surface area contributed by atoms with E-state index in [2.05, 4.69) is 224 Å². The molecule has 0 bridgehead atoms. The summed E-state index contributed by atoms with van der Waals surface area (Å²) in [5, 5.41) is 4.80. The number of hydrogen-bond acceptors (Lipinski definition) is 2. The molecule has 7 rings (SSSR count). The van der Waals surface area contributed by atoms with Gasteiger partial charge in [0, 0.05) is 33.7 Å². The van der Waals surface area contributed by atoms with E-state index < -0.39 is 0 Å². The molecule has 0 aliphatic heterocycles. The van der Waals surface area contributed by atoms with Gasteiger partial charge < -0.3 is 9.80 Å². The molecule has 0 saturated carbocycles. The number of hydrogen-bond donors (Lipinski definition) is 0. The largest absolute Gasteiger partial charge is 0.310 e. The molecule has 288 valence electrons. The van der Waals surface area contributed by atoms with Crippen molar-refractivity contribution in [1.82, 2.24) is 0 Å². The lowest BCUT2D eigenvalue weighted by atomic mass is 9.90. The summed E-state index contributed by atoms with van der Waals surface area (Å²) in [6.07, 6.45) is 6.47. The van der Waals surface area contributed by atoms with E-state index in [0.717, 1.165) is 45.3 Å². The molecule has 0 aliphatic rings. The first-order valence-corrected chi connectivity index (χ1v) is 20.8. The third-order valence-corrected chi connectivity index (χ3v) is 11.5. The maximum Gasteiger partial charge on any atom is 0.0546 e. The Morgan fingerprint density at radius 3 is 1.11 bits per heavy atom. The van der Waals surface area contributed by atoms with Crippen molar-refractivity contribution in [1.29, 1.82) is 0 Å². The van der Waals surface area contributed by atoms with Crippen molar-refractivity contribution in [2.24, 2.45) is 0 Å². The van der Waals surface area contributed by atoms with Crippen LogP contribution in [0.2, 0.25) is 0 Å². The first-order valence-electron chi connectivity index (χ1n) is 20.8. The molecule has 57 heavy (non-hydrogen) atoms. The molecule has 0 heterocycles. The molecule has 0 saturated heterocycles. The van der Waals surface area contributed by atoms with Crippen LogP contribution in [-0.4, -0.2) is 0 Å². The van der Waals surface area contributed by atoms with Gasteiger partial charge in [-0.3, -0.25) is 0 Å². The Morgan fingerprint density at radius 2 is 0.754 bits per heavy atom. The summed E-state index contributed by atoms with van der Waals surface area (Å²) in [5.74, 6) is 1.81. The first kappa shape index (κ1) is 39.4. The number of rotatable bonds is 12. The maximum atomic E-state index is 4.47. The Hall–Kier alpha value is -5.86. The zero-order valence-corrected chi connectivity index (χ0v) is 35.3. The predicted octanol–water partition coefficient (Wildman–Crippen LogP) is 17.1. The van der Waals surface area contributed by atoms with Crippen LogP contribution >= 0.6 is 0 Å². The summed E-state index contributed by atoms with van der Waals surface area (Å²) >= 11 is 0. The summed E-state index contributed by atoms with van der Waals surface area (Å²) in [6.45, 7) is 24.6. The molecule has 0 fully saturated rings. The van der Waals surface area contributed by atoms with Gasteiger partial charge in [-0.2, -0.15) is 0 Å². The third-order valence-electron chi connectivity index (χ3n) is 11.5. The molecule has 0 unspecified atom stereocenters. The Balaban J connectivity index is 1.54. The SMILES string of the molecule is C=Cc1c(N(c2ccc(C(C)C)cc2)c2ccc(C(C)C)cc2)cc2c(cc(N(c3ccc(C(C)C)cc3)c3ccc(C(C)C)cc3)c3ccccc32)c1/C=C\C. The number of fused-ring (bicyclic) bond motifs is 3. The summed E-state index contributed by atoms with van der Waals surface area (Å²) in [4.78, 5) is 4.86. The van der Waals surface area contributed by atoms with Crippen molar-refractivity contribution in [3.8, 4) is 0 Å². The number of anilines is 6. The molecule has 0 spiro atoms. The summed E-state index contributed by atoms with van der Waals surface area (Å²) in [6, 6.07) is 50.1. The van der Waals surface area contributed by atoms with E-state index in [0.29, 0.717) is 23.7 Å². The Bertz CT molecular complexity index is 2410. The van der Waals surface area contributed by atoms with Gasteiger partial charge in [0.25, 0.3) is 0 Å². The minimum atomic E-state index is 0.449. The van der Waals surface area contributed by atoms with Crippen molar-refractivity contribution in [3.05, 3.63) is 179 Å². The van der Waals surface area contributed by atoms with Crippen LogP contribution in [0, 0.1) is 0 Å². The third kappa shape index (κ3) is 7.79. The first-order chi connectivity index (χ1) is 27.5. The normalized spacial score (nSPS) is 11.9. The fraction of sp³-hybridized carbons (Fsp3) is 0.236. The maximum absolute atomic E-state index is 4.47. The minimum absolute atomic E-state index is 0.449. The van der Waals surface area contributed by atoms with Gasteiger partial charge in [-0.25, -0.2) is 0 Å². The zero-order chi connectivity index (χ0) is 40.4. The summed E-state index contributed by atoms with van der Waals surface area (Å²) < 4.78 is 0. The second-order valence-corrected chi connectivity index (χ2v) is 16.6. The van der Waals surface area contributed by atoms with Crippen molar-refractivity contribution >= 4 is 67.8 Å². The van der Waals surface area contributed by atoms with Crippen LogP contribution < -0.4 is 9.80 Å². The molecule has 7 aromatic carbocycles. The highest BCUT2D eigenvalue weighted by Crippen LogP contribution is 2.48. The summed E-state index contributed by atoms with van der Waals surface area (Å²) in [7, 11) is 0. The van der Waals surface area contributed by atoms with Crippen molar-refractivity contribution in [2.45, 2.75) is 86.0 Å². The van der Waals surface area contributed by atoms with Crippen LogP contribution in [0.5, 0.6) is 0 Å². The molecule has 0 aliphatic carbocycles. The van der Waals surface area contributed by atoms with Crippen LogP contribution in [0.15, 0.2) is 146 Å². The van der Waals surface area contributed by atoms with Gasteiger partial charge in [0.2, 0.25) is 0 Å². The Labute approximate surface area is 341 Å². The van der Waals surface area contributed by atoms with Crippen LogP contribution in [0.3, 0.4) is 0 Å². The monoisotopic (exact) mass is 746 g/mol. The number of allylic oxidation sites excluding steroid dienone is 1. The molecule has 0 atom stereocenters. The smallest absolute Gasteiger partial charge is 0.0546 e. The van der Waals surface area contributed by atoms with Crippen LogP contribution in [0.1, 0.15) is 119 Å². The lowest BCUT2D eigenvalue weighted by Gasteiger charge is -2.31. The lowest BCUT2D eigenvalue weighted by Crippen LogP contribution is -2.13. The van der Waals surface area contributed by atoms with Gasteiger partial charge >= 0.3 is 0 Å². The molecule has 0 radical (unpaired) electrons. The van der Waals surface area contributed by atoms with Gasteiger partial charge in [0.15, 0.2) is 0 Å². The average molecular weight is 747 g/mol. The van der Waals surface area contributed by atoms with Gasteiger partial charge in [0.1, 0.15) is 0 Å².